The molecule has 0 unspecified atom stereocenters. The summed E-state index contributed by atoms with van der Waals surface area (Å²) < 4.78 is 1.63. The van der Waals surface area contributed by atoms with Gasteiger partial charge in [-0.2, -0.15) is 10.5 Å². The first kappa shape index (κ1) is 12.8. The highest BCUT2D eigenvalue weighted by Gasteiger charge is 2.11. The van der Waals surface area contributed by atoms with E-state index in [0.29, 0.717) is 0 Å². The van der Waals surface area contributed by atoms with Gasteiger partial charge in [-0.15, -0.1) is 0 Å². The Bertz CT molecular complexity index is 685. The Morgan fingerprint density at radius 2 is 2.11 bits per heavy atom. The quantitative estimate of drug-likeness (QED) is 0.899. The second-order valence-electron chi connectivity index (χ2n) is 4.18. The predicted molar refractivity (Wildman–Crippen MR) is 70.5 cm³/mol. The zero-order valence-corrected chi connectivity index (χ0v) is 10.8. The standard InChI is InChI=1S/C14H13N5/c1-10-5-12(4-3-11(10)8-17-2)19-9-18-13(6-15)14(19)7-16/h3-5,9,17H,8H2,1-2H3. The molecule has 94 valence electrons. The highest BCUT2D eigenvalue weighted by molar-refractivity contribution is 5.46. The van der Waals surface area contributed by atoms with Gasteiger partial charge >= 0.3 is 0 Å². The number of hydrogen-bond acceptors (Lipinski definition) is 4. The minimum absolute atomic E-state index is 0.152. The summed E-state index contributed by atoms with van der Waals surface area (Å²) in [5.41, 5.74) is 3.58. The Balaban J connectivity index is 2.49. The highest BCUT2D eigenvalue weighted by Crippen LogP contribution is 2.18. The molecule has 0 aliphatic carbocycles. The molecule has 19 heavy (non-hydrogen) atoms. The highest BCUT2D eigenvalue weighted by atomic mass is 15.1. The Kier molecular flexibility index (Phi) is 3.61. The smallest absolute Gasteiger partial charge is 0.177 e. The monoisotopic (exact) mass is 251 g/mol. The van der Waals surface area contributed by atoms with Gasteiger partial charge in [0.1, 0.15) is 18.5 Å². The van der Waals surface area contributed by atoms with Crippen LogP contribution in [0.1, 0.15) is 22.5 Å². The van der Waals surface area contributed by atoms with Crippen LogP contribution in [0.3, 0.4) is 0 Å². The van der Waals surface area contributed by atoms with Crippen LogP contribution in [0.15, 0.2) is 24.5 Å². The lowest BCUT2D eigenvalue weighted by atomic mass is 10.1. The first-order chi connectivity index (χ1) is 9.21. The van der Waals surface area contributed by atoms with E-state index in [1.54, 1.807) is 4.57 Å². The molecule has 1 aromatic carbocycles. The third-order valence-electron chi connectivity index (χ3n) is 2.95. The van der Waals surface area contributed by atoms with Crippen LogP contribution in [-0.2, 0) is 6.54 Å². The van der Waals surface area contributed by atoms with E-state index in [2.05, 4.69) is 10.3 Å². The van der Waals surface area contributed by atoms with Crippen molar-refractivity contribution in [3.8, 4) is 17.8 Å². The molecule has 1 aromatic heterocycles. The third kappa shape index (κ3) is 2.33. The van der Waals surface area contributed by atoms with Gasteiger partial charge < -0.3 is 5.32 Å². The molecule has 0 aliphatic rings. The third-order valence-corrected chi connectivity index (χ3v) is 2.95. The molecule has 1 N–H and O–H groups in total. The largest absolute Gasteiger partial charge is 0.316 e. The lowest BCUT2D eigenvalue weighted by Crippen LogP contribution is -2.07. The number of aromatic nitrogens is 2. The van der Waals surface area contributed by atoms with Crippen LogP contribution in [0.25, 0.3) is 5.69 Å². The molecule has 0 radical (unpaired) electrons. The SMILES string of the molecule is CNCc1ccc(-n2cnc(C#N)c2C#N)cc1C. The molecule has 0 amide bonds. The Labute approximate surface area is 111 Å². The second-order valence-corrected chi connectivity index (χ2v) is 4.18. The molecular weight excluding hydrogens is 238 g/mol. The van der Waals surface area contributed by atoms with Crippen molar-refractivity contribution in [3.63, 3.8) is 0 Å². The molecule has 5 heteroatoms. The van der Waals surface area contributed by atoms with Gasteiger partial charge in [-0.3, -0.25) is 4.57 Å². The lowest BCUT2D eigenvalue weighted by Gasteiger charge is -2.09. The second kappa shape index (κ2) is 5.34. The Morgan fingerprint density at radius 1 is 1.32 bits per heavy atom. The van der Waals surface area contributed by atoms with Crippen LogP contribution in [0.4, 0.5) is 0 Å². The summed E-state index contributed by atoms with van der Waals surface area (Å²) >= 11 is 0. The fourth-order valence-corrected chi connectivity index (χ4v) is 1.95. The lowest BCUT2D eigenvalue weighted by molar-refractivity contribution is 0.811. The molecule has 0 saturated heterocycles. The summed E-state index contributed by atoms with van der Waals surface area (Å²) in [5.74, 6) is 0. The summed E-state index contributed by atoms with van der Waals surface area (Å²) in [6, 6.07) is 9.85. The van der Waals surface area contributed by atoms with E-state index in [9.17, 15) is 0 Å². The van der Waals surface area contributed by atoms with E-state index in [1.807, 2.05) is 44.3 Å². The number of hydrogen-bond donors (Lipinski definition) is 1. The van der Waals surface area contributed by atoms with Crippen LogP contribution < -0.4 is 5.32 Å². The number of rotatable bonds is 3. The van der Waals surface area contributed by atoms with Crippen molar-refractivity contribution in [3.05, 3.63) is 47.0 Å². The van der Waals surface area contributed by atoms with E-state index in [4.69, 9.17) is 10.5 Å². The molecule has 0 atom stereocenters. The topological polar surface area (TPSA) is 77.4 Å². The van der Waals surface area contributed by atoms with Crippen molar-refractivity contribution in [2.75, 3.05) is 7.05 Å². The van der Waals surface area contributed by atoms with Gasteiger partial charge in [-0.1, -0.05) is 6.07 Å². The van der Waals surface area contributed by atoms with Crippen molar-refractivity contribution < 1.29 is 0 Å². The fraction of sp³-hybridized carbons (Fsp3) is 0.214. The van der Waals surface area contributed by atoms with Gasteiger partial charge in [0.2, 0.25) is 0 Å². The molecular formula is C14H13N5. The van der Waals surface area contributed by atoms with E-state index < -0.39 is 0 Å². The summed E-state index contributed by atoms with van der Waals surface area (Å²) in [4.78, 5) is 3.94. The van der Waals surface area contributed by atoms with Crippen LogP contribution in [0.5, 0.6) is 0 Å². The van der Waals surface area contributed by atoms with Crippen molar-refractivity contribution in [1.82, 2.24) is 14.9 Å². The summed E-state index contributed by atoms with van der Waals surface area (Å²) in [6.07, 6.45) is 1.50. The number of nitrogens with zero attached hydrogens (tertiary/aromatic N) is 4. The van der Waals surface area contributed by atoms with Crippen LogP contribution in [0.2, 0.25) is 0 Å². The minimum Gasteiger partial charge on any atom is -0.316 e. The molecule has 0 bridgehead atoms. The van der Waals surface area contributed by atoms with Gasteiger partial charge in [0.15, 0.2) is 11.4 Å². The average Bonchev–Trinajstić information content (AvgIpc) is 2.84. The van der Waals surface area contributed by atoms with Crippen LogP contribution in [0, 0.1) is 29.6 Å². The number of imidazole rings is 1. The molecule has 0 aliphatic heterocycles. The number of benzene rings is 1. The molecule has 2 rings (SSSR count). The Morgan fingerprint density at radius 3 is 2.68 bits per heavy atom. The molecule has 0 spiro atoms. The zero-order chi connectivity index (χ0) is 13.8. The van der Waals surface area contributed by atoms with Gasteiger partial charge in [-0.05, 0) is 37.2 Å². The molecule has 2 aromatic rings. The van der Waals surface area contributed by atoms with Gasteiger partial charge in [0.25, 0.3) is 0 Å². The van der Waals surface area contributed by atoms with E-state index >= 15 is 0 Å². The first-order valence-electron chi connectivity index (χ1n) is 5.83. The number of nitrogens with one attached hydrogen (secondary N) is 1. The molecule has 1 heterocycles. The van der Waals surface area contributed by atoms with E-state index in [0.717, 1.165) is 17.8 Å². The Hall–Kier alpha value is -2.63. The predicted octanol–water partition coefficient (Wildman–Crippen LogP) is 1.64. The number of nitriles is 2. The van der Waals surface area contributed by atoms with Crippen molar-refractivity contribution in [1.29, 1.82) is 10.5 Å². The molecule has 0 saturated carbocycles. The molecule has 5 nitrogen and oxygen atoms in total. The maximum Gasteiger partial charge on any atom is 0.177 e. The maximum absolute atomic E-state index is 9.12. The first-order valence-corrected chi connectivity index (χ1v) is 5.83. The van der Waals surface area contributed by atoms with Crippen molar-refractivity contribution >= 4 is 0 Å². The van der Waals surface area contributed by atoms with E-state index in [1.165, 1.54) is 11.9 Å². The molecule has 0 fully saturated rings. The minimum atomic E-state index is 0.152. The maximum atomic E-state index is 9.12. The summed E-state index contributed by atoms with van der Waals surface area (Å²) in [7, 11) is 1.90. The summed E-state index contributed by atoms with van der Waals surface area (Å²) in [5, 5.41) is 21.1. The normalized spacial score (nSPS) is 9.89. The van der Waals surface area contributed by atoms with E-state index in [-0.39, 0.29) is 11.4 Å². The number of aryl methyl sites for hydroxylation is 1. The van der Waals surface area contributed by atoms with Crippen molar-refractivity contribution in [2.24, 2.45) is 0 Å². The zero-order valence-electron chi connectivity index (χ0n) is 10.8. The van der Waals surface area contributed by atoms with Crippen LogP contribution in [-0.4, -0.2) is 16.6 Å². The van der Waals surface area contributed by atoms with Gasteiger partial charge in [0.05, 0.1) is 0 Å². The van der Waals surface area contributed by atoms with Crippen LogP contribution >= 0.6 is 0 Å². The van der Waals surface area contributed by atoms with Crippen molar-refractivity contribution in [2.45, 2.75) is 13.5 Å². The summed E-state index contributed by atoms with van der Waals surface area (Å²) in [6.45, 7) is 2.81. The van der Waals surface area contributed by atoms with Gasteiger partial charge in [-0.25, -0.2) is 4.98 Å². The average molecular weight is 251 g/mol. The fourth-order valence-electron chi connectivity index (χ4n) is 1.95. The van der Waals surface area contributed by atoms with Gasteiger partial charge in [0, 0.05) is 12.2 Å².